The third-order valence-electron chi connectivity index (χ3n) is 4.16. The van der Waals surface area contributed by atoms with Crippen molar-refractivity contribution in [2.75, 3.05) is 27.2 Å². The second-order valence-electron chi connectivity index (χ2n) is 9.78. The lowest BCUT2D eigenvalue weighted by Crippen LogP contribution is -2.31. The van der Waals surface area contributed by atoms with Gasteiger partial charge in [0, 0.05) is 13.0 Å². The molecule has 0 aliphatic rings. The van der Waals surface area contributed by atoms with Gasteiger partial charge in [-0.15, -0.1) is 0 Å². The van der Waals surface area contributed by atoms with Crippen LogP contribution in [0.4, 0.5) is 0 Å². The number of amides is 1. The number of rotatable bonds is 12. The van der Waals surface area contributed by atoms with E-state index in [1.165, 1.54) is 0 Å². The molecule has 0 aliphatic heterocycles. The fourth-order valence-electron chi connectivity index (χ4n) is 3.76. The number of hydrogen-bond donors (Lipinski definition) is 2. The van der Waals surface area contributed by atoms with Gasteiger partial charge in [-0.25, -0.2) is 0 Å². The molecule has 0 radical (unpaired) electrons. The lowest BCUT2D eigenvalue weighted by Gasteiger charge is -2.33. The predicted molar refractivity (Wildman–Crippen MR) is 108 cm³/mol. The van der Waals surface area contributed by atoms with Gasteiger partial charge < -0.3 is 15.3 Å². The van der Waals surface area contributed by atoms with Crippen LogP contribution in [0.25, 0.3) is 0 Å². The zero-order valence-electron chi connectivity index (χ0n) is 17.9. The summed E-state index contributed by atoms with van der Waals surface area (Å²) >= 11 is 0. The van der Waals surface area contributed by atoms with Crippen molar-refractivity contribution in [1.29, 1.82) is 0 Å². The Morgan fingerprint density at radius 3 is 2.15 bits per heavy atom. The fraction of sp³-hybridized carbons (Fsp3) is 0.810. The molecular formula is C21H40N2O3. The summed E-state index contributed by atoms with van der Waals surface area (Å²) in [5, 5.41) is 12.3. The summed E-state index contributed by atoms with van der Waals surface area (Å²) in [5.41, 5.74) is 1.18. The van der Waals surface area contributed by atoms with Crippen LogP contribution in [-0.2, 0) is 9.59 Å². The van der Waals surface area contributed by atoms with E-state index in [0.29, 0.717) is 13.0 Å². The Balaban J connectivity index is 4.52. The van der Waals surface area contributed by atoms with Crippen LogP contribution in [0.3, 0.4) is 0 Å². The number of allylic oxidation sites excluding steroid dienone is 1. The Hall–Kier alpha value is -1.36. The molecule has 0 heterocycles. The van der Waals surface area contributed by atoms with Crippen LogP contribution in [0.2, 0.25) is 0 Å². The number of aliphatic carboxylic acids is 1. The van der Waals surface area contributed by atoms with E-state index in [-0.39, 0.29) is 23.2 Å². The second kappa shape index (κ2) is 10.7. The van der Waals surface area contributed by atoms with Crippen LogP contribution in [0.5, 0.6) is 0 Å². The van der Waals surface area contributed by atoms with E-state index in [1.54, 1.807) is 0 Å². The van der Waals surface area contributed by atoms with Crippen molar-refractivity contribution < 1.29 is 14.7 Å². The Morgan fingerprint density at radius 1 is 1.12 bits per heavy atom. The molecule has 1 atom stereocenters. The van der Waals surface area contributed by atoms with E-state index in [4.69, 9.17) is 0 Å². The number of nitrogens with zero attached hydrogens (tertiary/aromatic N) is 1. The lowest BCUT2D eigenvalue weighted by molar-refractivity contribution is -0.144. The molecule has 0 fully saturated rings. The fourth-order valence-corrected chi connectivity index (χ4v) is 3.76. The topological polar surface area (TPSA) is 69.6 Å². The largest absolute Gasteiger partial charge is 0.481 e. The smallest absolute Gasteiger partial charge is 0.307 e. The minimum atomic E-state index is -0.928. The predicted octanol–water partition coefficient (Wildman–Crippen LogP) is 3.94. The summed E-state index contributed by atoms with van der Waals surface area (Å²) in [6, 6.07) is 0. The summed E-state index contributed by atoms with van der Waals surface area (Å²) in [5.74, 6) is -1.83. The van der Waals surface area contributed by atoms with Crippen LogP contribution in [-0.4, -0.2) is 49.1 Å². The highest BCUT2D eigenvalue weighted by Crippen LogP contribution is 2.38. The number of carbonyl (C=O) groups excluding carboxylic acids is 1. The molecule has 152 valence electrons. The number of nitrogens with one attached hydrogen (secondary N) is 1. The van der Waals surface area contributed by atoms with Crippen molar-refractivity contribution in [3.63, 3.8) is 0 Å². The van der Waals surface area contributed by atoms with Crippen LogP contribution >= 0.6 is 0 Å². The average molecular weight is 369 g/mol. The summed E-state index contributed by atoms with van der Waals surface area (Å²) in [4.78, 5) is 25.6. The van der Waals surface area contributed by atoms with Gasteiger partial charge in [-0.2, -0.15) is 0 Å². The summed E-state index contributed by atoms with van der Waals surface area (Å²) < 4.78 is 0. The SMILES string of the molecule is C=C(CC(CC(=O)NCCCN(C)C)C(=O)O)CC(C)(C)CC(C)(C)C. The molecule has 0 rings (SSSR count). The van der Waals surface area contributed by atoms with Crippen molar-refractivity contribution in [1.82, 2.24) is 10.2 Å². The number of carbonyl (C=O) groups is 2. The van der Waals surface area contributed by atoms with E-state index >= 15 is 0 Å². The number of hydrogen-bond acceptors (Lipinski definition) is 3. The van der Waals surface area contributed by atoms with Crippen molar-refractivity contribution in [2.45, 2.75) is 66.7 Å². The van der Waals surface area contributed by atoms with Gasteiger partial charge in [0.1, 0.15) is 0 Å². The first kappa shape index (κ1) is 24.6. The molecule has 0 aromatic heterocycles. The zero-order chi connectivity index (χ0) is 20.5. The van der Waals surface area contributed by atoms with E-state index < -0.39 is 11.9 Å². The van der Waals surface area contributed by atoms with Gasteiger partial charge in [0.05, 0.1) is 5.92 Å². The summed E-state index contributed by atoms with van der Waals surface area (Å²) in [6.07, 6.45) is 3.02. The molecule has 5 heteroatoms. The highest BCUT2D eigenvalue weighted by atomic mass is 16.4. The third kappa shape index (κ3) is 12.9. The average Bonchev–Trinajstić information content (AvgIpc) is 2.38. The Bertz CT molecular complexity index is 476. The molecule has 0 aliphatic carbocycles. The minimum Gasteiger partial charge on any atom is -0.481 e. The maximum atomic E-state index is 12.0. The molecule has 0 saturated carbocycles. The Labute approximate surface area is 160 Å². The van der Waals surface area contributed by atoms with Crippen LogP contribution in [0, 0.1) is 16.7 Å². The first-order chi connectivity index (χ1) is 11.7. The van der Waals surface area contributed by atoms with E-state index in [9.17, 15) is 14.7 Å². The van der Waals surface area contributed by atoms with Crippen molar-refractivity contribution in [2.24, 2.45) is 16.7 Å². The highest BCUT2D eigenvalue weighted by Gasteiger charge is 2.28. The minimum absolute atomic E-state index is 0.00994. The molecular weight excluding hydrogens is 328 g/mol. The monoisotopic (exact) mass is 368 g/mol. The zero-order valence-corrected chi connectivity index (χ0v) is 17.9. The van der Waals surface area contributed by atoms with Crippen LogP contribution in [0.15, 0.2) is 12.2 Å². The second-order valence-corrected chi connectivity index (χ2v) is 9.78. The Morgan fingerprint density at radius 2 is 1.69 bits per heavy atom. The van der Waals surface area contributed by atoms with Gasteiger partial charge in [0.15, 0.2) is 0 Å². The maximum Gasteiger partial charge on any atom is 0.307 e. The molecule has 0 spiro atoms. The van der Waals surface area contributed by atoms with Crippen molar-refractivity contribution in [3.05, 3.63) is 12.2 Å². The first-order valence-corrected chi connectivity index (χ1v) is 9.53. The van der Waals surface area contributed by atoms with Gasteiger partial charge in [0.25, 0.3) is 0 Å². The normalized spacial score (nSPS) is 13.5. The van der Waals surface area contributed by atoms with E-state index in [2.05, 4.69) is 51.4 Å². The van der Waals surface area contributed by atoms with Crippen LogP contribution < -0.4 is 5.32 Å². The molecule has 0 aromatic rings. The number of carboxylic acids is 1. The van der Waals surface area contributed by atoms with Gasteiger partial charge in [0.2, 0.25) is 5.91 Å². The molecule has 2 N–H and O–H groups in total. The molecule has 26 heavy (non-hydrogen) atoms. The van der Waals surface area contributed by atoms with Gasteiger partial charge in [-0.1, -0.05) is 46.8 Å². The van der Waals surface area contributed by atoms with Gasteiger partial charge in [-0.3, -0.25) is 9.59 Å². The van der Waals surface area contributed by atoms with Gasteiger partial charge in [-0.05, 0) is 57.2 Å². The number of carboxylic acid groups (broad SMARTS) is 1. The van der Waals surface area contributed by atoms with Gasteiger partial charge >= 0.3 is 5.97 Å². The van der Waals surface area contributed by atoms with Crippen molar-refractivity contribution >= 4 is 11.9 Å². The molecule has 1 unspecified atom stereocenters. The molecule has 0 saturated heterocycles. The standard InChI is InChI=1S/C21H40N2O3/c1-16(14-21(5,6)15-20(2,3)4)12-17(19(25)26)13-18(24)22-10-9-11-23(7)8/h17H,1,9-15H2,2-8H3,(H,22,24)(H,25,26). The quantitative estimate of drug-likeness (QED) is 0.404. The van der Waals surface area contributed by atoms with Crippen LogP contribution in [0.1, 0.15) is 66.7 Å². The Kier molecular flexibility index (Phi) is 10.1. The third-order valence-corrected chi connectivity index (χ3v) is 4.16. The highest BCUT2D eigenvalue weighted by molar-refractivity contribution is 5.82. The lowest BCUT2D eigenvalue weighted by atomic mass is 9.72. The van der Waals surface area contributed by atoms with E-state index in [0.717, 1.165) is 31.4 Å². The molecule has 5 nitrogen and oxygen atoms in total. The maximum absolute atomic E-state index is 12.0. The van der Waals surface area contributed by atoms with Crippen molar-refractivity contribution in [3.8, 4) is 0 Å². The summed E-state index contributed by atoms with van der Waals surface area (Å²) in [7, 11) is 3.96. The first-order valence-electron chi connectivity index (χ1n) is 9.53. The molecule has 0 aromatic carbocycles. The molecule has 1 amide bonds. The summed E-state index contributed by atoms with van der Waals surface area (Å²) in [6.45, 7) is 16.6. The van der Waals surface area contributed by atoms with E-state index in [1.807, 2.05) is 14.1 Å². The molecule has 0 bridgehead atoms.